The molecule has 0 radical (unpaired) electrons. The number of aliphatic hydroxyl groups is 2. The molecular formula is C23H45NO4. The quantitative estimate of drug-likeness (QED) is 0.218. The normalized spacial score (nSPS) is 23.5. The predicted molar refractivity (Wildman–Crippen MR) is 114 cm³/mol. The van der Waals surface area contributed by atoms with Gasteiger partial charge in [-0.1, -0.05) is 103 Å². The molecule has 0 aromatic heterocycles. The Morgan fingerprint density at radius 3 is 1.57 bits per heavy atom. The van der Waals surface area contributed by atoms with Crippen LogP contribution < -0.4 is 5.73 Å². The molecule has 0 bridgehead atoms. The molecule has 0 saturated carbocycles. The fourth-order valence-corrected chi connectivity index (χ4v) is 4.19. The number of rotatable bonds is 19. The third-order valence-electron chi connectivity index (χ3n) is 6.09. The smallest absolute Gasteiger partial charge is 0.255 e. The first kappa shape index (κ1) is 25.4. The van der Waals surface area contributed by atoms with Gasteiger partial charge in [0.05, 0.1) is 12.2 Å². The van der Waals surface area contributed by atoms with Gasteiger partial charge < -0.3 is 20.7 Å². The molecule has 0 spiro atoms. The van der Waals surface area contributed by atoms with Crippen LogP contribution in [0.2, 0.25) is 0 Å². The number of hydrogen-bond donors (Lipinski definition) is 3. The average molecular weight is 400 g/mol. The zero-order valence-corrected chi connectivity index (χ0v) is 18.3. The first-order valence-corrected chi connectivity index (χ1v) is 11.8. The van der Waals surface area contributed by atoms with Gasteiger partial charge in [0, 0.05) is 0 Å². The lowest BCUT2D eigenvalue weighted by Crippen LogP contribution is -2.46. The Labute approximate surface area is 172 Å². The van der Waals surface area contributed by atoms with Crippen molar-refractivity contribution in [2.75, 3.05) is 0 Å². The second-order valence-corrected chi connectivity index (χ2v) is 8.69. The Hall–Kier alpha value is -0.650. The number of nitrogens with two attached hydrogens (primary N) is 1. The van der Waals surface area contributed by atoms with Crippen molar-refractivity contribution in [3.63, 3.8) is 0 Å². The maximum atomic E-state index is 11.6. The molecule has 1 amide bonds. The van der Waals surface area contributed by atoms with Crippen LogP contribution in [-0.4, -0.2) is 40.0 Å². The topological polar surface area (TPSA) is 96.1 Å². The predicted octanol–water partition coefficient (Wildman–Crippen LogP) is 4.61. The van der Waals surface area contributed by atoms with Gasteiger partial charge in [0.25, 0.3) is 5.91 Å². The number of carbonyl (C=O) groups is 1. The van der Waals surface area contributed by atoms with Gasteiger partial charge in [0.15, 0.2) is 0 Å². The van der Waals surface area contributed by atoms with Crippen LogP contribution in [-0.2, 0) is 9.53 Å². The molecule has 1 rings (SSSR count). The molecule has 5 heteroatoms. The monoisotopic (exact) mass is 399 g/mol. The Morgan fingerprint density at radius 1 is 0.857 bits per heavy atom. The molecule has 28 heavy (non-hydrogen) atoms. The lowest BCUT2D eigenvalue weighted by atomic mass is 9.91. The lowest BCUT2D eigenvalue weighted by molar-refractivity contribution is -0.127. The second-order valence-electron chi connectivity index (χ2n) is 8.69. The third-order valence-corrected chi connectivity index (χ3v) is 6.09. The molecule has 1 unspecified atom stereocenters. The number of unbranched alkanes of at least 4 members (excludes halogenated alkanes) is 14. The van der Waals surface area contributed by atoms with Gasteiger partial charge in [-0.3, -0.25) is 4.79 Å². The molecule has 0 aromatic carbocycles. The number of aliphatic hydroxyl groups excluding tert-OH is 2. The summed E-state index contributed by atoms with van der Waals surface area (Å²) >= 11 is 0. The highest BCUT2D eigenvalue weighted by molar-refractivity contribution is 5.88. The number of amides is 1. The molecule has 4 N–H and O–H groups in total. The molecule has 1 fully saturated rings. The van der Waals surface area contributed by atoms with Crippen LogP contribution in [0.3, 0.4) is 0 Å². The summed E-state index contributed by atoms with van der Waals surface area (Å²) in [5.74, 6) is -0.674. The fourth-order valence-electron chi connectivity index (χ4n) is 4.19. The third kappa shape index (κ3) is 8.79. The van der Waals surface area contributed by atoms with Gasteiger partial charge in [0.1, 0.15) is 6.10 Å². The van der Waals surface area contributed by atoms with E-state index in [0.717, 1.165) is 19.3 Å². The number of primary amides is 1. The summed E-state index contributed by atoms with van der Waals surface area (Å²) in [7, 11) is 0. The molecule has 1 aliphatic heterocycles. The van der Waals surface area contributed by atoms with Crippen molar-refractivity contribution in [1.29, 1.82) is 0 Å². The number of hydrogen-bond acceptors (Lipinski definition) is 4. The lowest BCUT2D eigenvalue weighted by Gasteiger charge is -2.17. The molecule has 5 nitrogen and oxygen atoms in total. The van der Waals surface area contributed by atoms with Gasteiger partial charge in [-0.2, -0.15) is 0 Å². The highest BCUT2D eigenvalue weighted by atomic mass is 16.6. The molecule has 166 valence electrons. The minimum Gasteiger partial charge on any atom is -0.391 e. The molecular weight excluding hydrogens is 354 g/mol. The first-order chi connectivity index (χ1) is 13.5. The summed E-state index contributed by atoms with van der Waals surface area (Å²) in [4.78, 5) is 11.6. The van der Waals surface area contributed by atoms with Crippen LogP contribution in [0.4, 0.5) is 0 Å². The molecule has 1 saturated heterocycles. The van der Waals surface area contributed by atoms with E-state index >= 15 is 0 Å². The first-order valence-electron chi connectivity index (χ1n) is 11.8. The van der Waals surface area contributed by atoms with E-state index < -0.39 is 29.8 Å². The van der Waals surface area contributed by atoms with Crippen LogP contribution in [0.1, 0.15) is 117 Å². The van der Waals surface area contributed by atoms with E-state index in [1.54, 1.807) is 6.92 Å². The van der Waals surface area contributed by atoms with E-state index in [4.69, 9.17) is 10.5 Å². The van der Waals surface area contributed by atoms with Crippen molar-refractivity contribution >= 4 is 5.91 Å². The van der Waals surface area contributed by atoms with Gasteiger partial charge in [-0.05, 0) is 13.3 Å². The van der Waals surface area contributed by atoms with E-state index in [0.29, 0.717) is 6.42 Å². The molecule has 0 aromatic rings. The molecule has 1 heterocycles. The zero-order valence-electron chi connectivity index (χ0n) is 18.3. The number of ether oxygens (including phenoxy) is 1. The summed E-state index contributed by atoms with van der Waals surface area (Å²) < 4.78 is 5.29. The van der Waals surface area contributed by atoms with Crippen LogP contribution in [0, 0.1) is 0 Å². The summed E-state index contributed by atoms with van der Waals surface area (Å²) in [6.45, 7) is 3.81. The van der Waals surface area contributed by atoms with Crippen LogP contribution in [0.25, 0.3) is 0 Å². The van der Waals surface area contributed by atoms with E-state index in [-0.39, 0.29) is 0 Å². The SMILES string of the molecule is CCCCCCCCCCCCCCCCCC(O)[C@]1(C(N)=O)O[C@H]1[C@H](C)O. The van der Waals surface area contributed by atoms with Gasteiger partial charge in [-0.15, -0.1) is 0 Å². The fraction of sp³-hybridized carbons (Fsp3) is 0.957. The van der Waals surface area contributed by atoms with Gasteiger partial charge in [-0.25, -0.2) is 0 Å². The van der Waals surface area contributed by atoms with Crippen molar-refractivity contribution < 1.29 is 19.7 Å². The molecule has 0 aliphatic carbocycles. The number of carbonyl (C=O) groups excluding carboxylic acids is 1. The highest BCUT2D eigenvalue weighted by Crippen LogP contribution is 2.43. The van der Waals surface area contributed by atoms with Gasteiger partial charge in [0.2, 0.25) is 5.60 Å². The van der Waals surface area contributed by atoms with Crippen molar-refractivity contribution in [2.45, 2.75) is 140 Å². The van der Waals surface area contributed by atoms with Crippen molar-refractivity contribution in [3.05, 3.63) is 0 Å². The minimum absolute atomic E-state index is 0.490. The summed E-state index contributed by atoms with van der Waals surface area (Å²) in [5, 5.41) is 19.9. The Morgan fingerprint density at radius 2 is 1.25 bits per heavy atom. The van der Waals surface area contributed by atoms with Crippen molar-refractivity contribution in [2.24, 2.45) is 5.73 Å². The largest absolute Gasteiger partial charge is 0.391 e. The van der Waals surface area contributed by atoms with E-state index in [9.17, 15) is 15.0 Å². The van der Waals surface area contributed by atoms with Crippen LogP contribution in [0.15, 0.2) is 0 Å². The maximum Gasteiger partial charge on any atom is 0.255 e. The second kappa shape index (κ2) is 14.4. The molecule has 4 atom stereocenters. The highest BCUT2D eigenvalue weighted by Gasteiger charge is 2.67. The standard InChI is InChI=1S/C23H45NO4/c1-3-4-5-6-7-8-9-10-11-12-13-14-15-16-17-18-20(26)23(22(24)27)21(28-23)19(2)25/h19-21,25-26H,3-18H2,1-2H3,(H2,24,27)/t19-,20?,21-,23-/m0/s1. The summed E-state index contributed by atoms with van der Waals surface area (Å²) in [5.41, 5.74) is 4.01. The Kier molecular flexibility index (Phi) is 13.0. The maximum absolute atomic E-state index is 11.6. The van der Waals surface area contributed by atoms with Crippen LogP contribution >= 0.6 is 0 Å². The van der Waals surface area contributed by atoms with Crippen LogP contribution in [0.5, 0.6) is 0 Å². The molecule has 1 aliphatic rings. The zero-order chi connectivity index (χ0) is 20.8. The van der Waals surface area contributed by atoms with E-state index in [1.165, 1.54) is 77.0 Å². The minimum atomic E-state index is -1.37. The van der Waals surface area contributed by atoms with Crippen molar-refractivity contribution in [3.8, 4) is 0 Å². The van der Waals surface area contributed by atoms with Crippen molar-refractivity contribution in [1.82, 2.24) is 0 Å². The average Bonchev–Trinajstić information content (AvgIpc) is 3.42. The Bertz CT molecular complexity index is 415. The van der Waals surface area contributed by atoms with E-state index in [1.807, 2.05) is 0 Å². The van der Waals surface area contributed by atoms with Gasteiger partial charge >= 0.3 is 0 Å². The summed E-state index contributed by atoms with van der Waals surface area (Å²) in [6.07, 6.45) is 17.5. The Balaban J connectivity index is 1.91. The number of epoxide rings is 1. The van der Waals surface area contributed by atoms with E-state index in [2.05, 4.69) is 6.92 Å². The summed E-state index contributed by atoms with van der Waals surface area (Å²) in [6, 6.07) is 0.